The molecule has 13 heteroatoms. The third kappa shape index (κ3) is 5.80. The maximum atomic E-state index is 13.1. The van der Waals surface area contributed by atoms with Crippen LogP contribution >= 0.6 is 0 Å². The van der Waals surface area contributed by atoms with Crippen molar-refractivity contribution in [2.75, 3.05) is 6.61 Å². The van der Waals surface area contributed by atoms with Crippen molar-refractivity contribution >= 4 is 11.9 Å². The molecule has 0 aliphatic rings. The van der Waals surface area contributed by atoms with Crippen molar-refractivity contribution in [3.05, 3.63) is 12.2 Å². The molecule has 0 rings (SSSR count). The highest BCUT2D eigenvalue weighted by Crippen LogP contribution is 2.53. The zero-order valence-corrected chi connectivity index (χ0v) is 13.2. The second-order valence-corrected chi connectivity index (χ2v) is 5.09. The predicted molar refractivity (Wildman–Crippen MR) is 66.8 cm³/mol. The van der Waals surface area contributed by atoms with Crippen LogP contribution in [-0.4, -0.2) is 48.6 Å². The number of ether oxygens (including phenoxy) is 2. The highest BCUT2D eigenvalue weighted by atomic mass is 19.4. The number of carbonyl (C=O) groups excluding carboxylic acids is 2. The van der Waals surface area contributed by atoms with Crippen molar-refractivity contribution in [2.45, 2.75) is 50.3 Å². The number of carbonyl (C=O) groups is 2. The highest BCUT2D eigenvalue weighted by molar-refractivity contribution is 5.91. The second kappa shape index (κ2) is 8.16. The van der Waals surface area contributed by atoms with Crippen LogP contribution in [0.3, 0.4) is 0 Å². The summed E-state index contributed by atoms with van der Waals surface area (Å²) in [7, 11) is 0. The maximum absolute atomic E-state index is 13.1. The maximum Gasteiger partial charge on any atom is 0.460 e. The van der Waals surface area contributed by atoms with Crippen LogP contribution in [0.5, 0.6) is 0 Å². The van der Waals surface area contributed by atoms with Gasteiger partial charge in [-0.3, -0.25) is 0 Å². The summed E-state index contributed by atoms with van der Waals surface area (Å²) in [5, 5.41) is 0. The molecular formula is C13H13F9O4. The van der Waals surface area contributed by atoms with E-state index in [9.17, 15) is 49.1 Å². The number of rotatable bonds is 8. The normalized spacial score (nSPS) is 14.0. The molecule has 0 saturated heterocycles. The van der Waals surface area contributed by atoms with Crippen LogP contribution < -0.4 is 0 Å². The van der Waals surface area contributed by atoms with Crippen molar-refractivity contribution in [3.8, 4) is 0 Å². The molecule has 0 unspecified atom stereocenters. The van der Waals surface area contributed by atoms with Crippen LogP contribution in [0, 0.1) is 0 Å². The third-order valence-corrected chi connectivity index (χ3v) is 2.58. The van der Waals surface area contributed by atoms with E-state index in [0.717, 1.165) is 0 Å². The van der Waals surface area contributed by atoms with Crippen LogP contribution in [0.2, 0.25) is 0 Å². The quantitative estimate of drug-likeness (QED) is 0.350. The summed E-state index contributed by atoms with van der Waals surface area (Å²) in [4.78, 5) is 22.0. The van der Waals surface area contributed by atoms with Gasteiger partial charge in [0, 0.05) is 12.2 Å². The largest absolute Gasteiger partial charge is 0.462 e. The van der Waals surface area contributed by atoms with Gasteiger partial charge in [-0.15, -0.1) is 0 Å². The summed E-state index contributed by atoms with van der Waals surface area (Å²) >= 11 is 0. The van der Waals surface area contributed by atoms with Crippen molar-refractivity contribution in [2.24, 2.45) is 0 Å². The smallest absolute Gasteiger partial charge is 0.460 e. The number of halogens is 9. The minimum absolute atomic E-state index is 0.366. The minimum Gasteiger partial charge on any atom is -0.462 e. The fraction of sp³-hybridized carbons (Fsp3) is 0.692. The molecule has 0 aliphatic heterocycles. The van der Waals surface area contributed by atoms with Crippen molar-refractivity contribution in [1.82, 2.24) is 0 Å². The molecule has 152 valence electrons. The highest BCUT2D eigenvalue weighted by Gasteiger charge is 2.81. The average molecular weight is 404 g/mol. The fourth-order valence-electron chi connectivity index (χ4n) is 1.30. The first-order chi connectivity index (χ1) is 11.5. The second-order valence-electron chi connectivity index (χ2n) is 5.09. The van der Waals surface area contributed by atoms with Crippen LogP contribution in [-0.2, 0) is 19.1 Å². The lowest BCUT2D eigenvalue weighted by molar-refractivity contribution is -0.397. The molecule has 0 aliphatic carbocycles. The molecule has 0 saturated carbocycles. The first kappa shape index (κ1) is 24.1. The molecule has 0 spiro atoms. The lowest BCUT2D eigenvalue weighted by Gasteiger charge is -2.33. The molecule has 0 radical (unpaired) electrons. The molecule has 0 amide bonds. The topological polar surface area (TPSA) is 52.6 Å². The van der Waals surface area contributed by atoms with E-state index in [0.29, 0.717) is 12.2 Å². The SMILES string of the molecule is CC(C)OC(=O)/C=C\C(=O)OCCC(F)(F)C(F)(F)C(F)(F)C(F)(F)F. The first-order valence-corrected chi connectivity index (χ1v) is 6.71. The van der Waals surface area contributed by atoms with E-state index in [2.05, 4.69) is 9.47 Å². The van der Waals surface area contributed by atoms with Crippen LogP contribution in [0.4, 0.5) is 39.5 Å². The summed E-state index contributed by atoms with van der Waals surface area (Å²) in [6.07, 6.45) is -8.92. The van der Waals surface area contributed by atoms with Gasteiger partial charge < -0.3 is 9.47 Å². The molecule has 4 nitrogen and oxygen atoms in total. The molecule has 0 bridgehead atoms. The fourth-order valence-corrected chi connectivity index (χ4v) is 1.30. The lowest BCUT2D eigenvalue weighted by atomic mass is 10.0. The Morgan fingerprint density at radius 3 is 1.73 bits per heavy atom. The van der Waals surface area contributed by atoms with Gasteiger partial charge in [-0.25, -0.2) is 9.59 Å². The molecule has 0 fully saturated rings. The van der Waals surface area contributed by atoms with Crippen LogP contribution in [0.1, 0.15) is 20.3 Å². The van der Waals surface area contributed by atoms with Crippen LogP contribution in [0.15, 0.2) is 12.2 Å². The molecule has 0 heterocycles. The Kier molecular flexibility index (Phi) is 7.55. The van der Waals surface area contributed by atoms with Crippen molar-refractivity contribution in [3.63, 3.8) is 0 Å². The summed E-state index contributed by atoms with van der Waals surface area (Å²) < 4.78 is 121. The molecule has 0 aromatic carbocycles. The van der Waals surface area contributed by atoms with Gasteiger partial charge in [0.2, 0.25) is 0 Å². The van der Waals surface area contributed by atoms with Gasteiger partial charge in [-0.05, 0) is 13.8 Å². The number of alkyl halides is 9. The Balaban J connectivity index is 4.82. The van der Waals surface area contributed by atoms with E-state index in [-0.39, 0.29) is 0 Å². The molecule has 0 aromatic heterocycles. The molecule has 0 N–H and O–H groups in total. The van der Waals surface area contributed by atoms with E-state index in [4.69, 9.17) is 0 Å². The standard InChI is InChI=1S/C13H13F9O4/c1-7(2)26-9(24)4-3-8(23)25-6-5-10(14,15)11(16,17)12(18,19)13(20,21)22/h3-4,7H,5-6H2,1-2H3/b4-3-. The van der Waals surface area contributed by atoms with Gasteiger partial charge >= 0.3 is 35.9 Å². The summed E-state index contributed by atoms with van der Waals surface area (Å²) in [6.45, 7) is 1.31. The van der Waals surface area contributed by atoms with Gasteiger partial charge in [0.15, 0.2) is 0 Å². The van der Waals surface area contributed by atoms with E-state index in [1.165, 1.54) is 13.8 Å². The van der Waals surface area contributed by atoms with Gasteiger partial charge in [-0.2, -0.15) is 39.5 Å². The zero-order valence-electron chi connectivity index (χ0n) is 13.2. The molecular weight excluding hydrogens is 391 g/mol. The van der Waals surface area contributed by atoms with Gasteiger partial charge in [0.05, 0.1) is 19.1 Å². The molecule has 0 atom stereocenters. The Morgan fingerprint density at radius 2 is 1.31 bits per heavy atom. The average Bonchev–Trinajstić information content (AvgIpc) is 2.42. The molecule has 0 aromatic rings. The van der Waals surface area contributed by atoms with Gasteiger partial charge in [0.1, 0.15) is 0 Å². The summed E-state index contributed by atoms with van der Waals surface area (Å²) in [6, 6.07) is 0. The van der Waals surface area contributed by atoms with Crippen molar-refractivity contribution < 1.29 is 58.6 Å². The summed E-state index contributed by atoms with van der Waals surface area (Å²) in [5.74, 6) is -22.2. The van der Waals surface area contributed by atoms with Crippen molar-refractivity contribution in [1.29, 1.82) is 0 Å². The van der Waals surface area contributed by atoms with E-state index < -0.39 is 55.0 Å². The number of esters is 2. The lowest BCUT2D eigenvalue weighted by Crippen LogP contribution is -2.61. The minimum atomic E-state index is -7.01. The third-order valence-electron chi connectivity index (χ3n) is 2.58. The Morgan fingerprint density at radius 1 is 0.846 bits per heavy atom. The first-order valence-electron chi connectivity index (χ1n) is 6.71. The van der Waals surface area contributed by atoms with E-state index in [1.807, 2.05) is 0 Å². The Hall–Kier alpha value is -1.95. The number of hydrogen-bond donors (Lipinski definition) is 0. The Bertz CT molecular complexity index is 538. The Labute approximate surface area is 140 Å². The van der Waals surface area contributed by atoms with E-state index in [1.54, 1.807) is 0 Å². The van der Waals surface area contributed by atoms with Crippen LogP contribution in [0.25, 0.3) is 0 Å². The molecule has 26 heavy (non-hydrogen) atoms. The van der Waals surface area contributed by atoms with Gasteiger partial charge in [-0.1, -0.05) is 0 Å². The number of hydrogen-bond acceptors (Lipinski definition) is 4. The van der Waals surface area contributed by atoms with E-state index >= 15 is 0 Å². The summed E-state index contributed by atoms with van der Waals surface area (Å²) in [5.41, 5.74) is 0. The van der Waals surface area contributed by atoms with Gasteiger partial charge in [0.25, 0.3) is 0 Å². The predicted octanol–water partition coefficient (Wildman–Crippen LogP) is 3.90. The monoisotopic (exact) mass is 404 g/mol. The zero-order chi connectivity index (χ0) is 21.0.